The Morgan fingerprint density at radius 3 is 2.90 bits per heavy atom. The van der Waals surface area contributed by atoms with Crippen molar-refractivity contribution in [2.75, 3.05) is 12.3 Å². The first kappa shape index (κ1) is 23.2. The molecule has 0 bridgehead atoms. The van der Waals surface area contributed by atoms with Crippen molar-refractivity contribution in [3.8, 4) is 0 Å². The Morgan fingerprint density at radius 1 is 1.47 bits per heavy atom. The summed E-state index contributed by atoms with van der Waals surface area (Å²) in [5.41, 5.74) is 8.38. The largest absolute Gasteiger partial charge is 0.382 e. The smallest absolute Gasteiger partial charge is 0.213 e. The molecule has 0 saturated carbocycles. The van der Waals surface area contributed by atoms with Gasteiger partial charge >= 0.3 is 0 Å². The fourth-order valence-corrected chi connectivity index (χ4v) is 5.15. The Labute approximate surface area is 194 Å². The lowest BCUT2D eigenvalue weighted by Gasteiger charge is -2.12. The number of halogens is 1. The number of rotatable bonds is 9. The first-order chi connectivity index (χ1) is 14.2. The molecular weight excluding hydrogens is 535 g/mol. The Morgan fingerprint density at radius 2 is 2.23 bits per heavy atom. The molecule has 0 spiro atoms. The molecule has 0 atom stereocenters. The lowest BCUT2D eigenvalue weighted by molar-refractivity contribution is 0.560. The van der Waals surface area contributed by atoms with Crippen LogP contribution >= 0.6 is 34.4 Å². The van der Waals surface area contributed by atoms with Crippen molar-refractivity contribution >= 4 is 61.4 Å². The minimum absolute atomic E-state index is 0.218. The molecule has 3 N–H and O–H groups in total. The second kappa shape index (κ2) is 9.79. The van der Waals surface area contributed by atoms with E-state index in [4.69, 9.17) is 5.73 Å². The van der Waals surface area contributed by atoms with Crippen LogP contribution in [0.3, 0.4) is 0 Å². The van der Waals surface area contributed by atoms with E-state index in [1.807, 2.05) is 4.57 Å². The number of allylic oxidation sites excluding steroid dienone is 4. The highest BCUT2D eigenvalue weighted by Gasteiger charge is 2.19. The second-order valence-electron chi connectivity index (χ2n) is 7.15. The highest BCUT2D eigenvalue weighted by Crippen LogP contribution is 2.36. The number of nitrogen functional groups attached to an aromatic ring is 1. The number of fused-ring (bicyclic) bond motifs is 1. The van der Waals surface area contributed by atoms with E-state index in [2.05, 4.69) is 61.0 Å². The van der Waals surface area contributed by atoms with E-state index in [1.165, 1.54) is 30.1 Å². The molecule has 3 rings (SSSR count). The van der Waals surface area contributed by atoms with Gasteiger partial charge in [-0.15, -0.1) is 0 Å². The van der Waals surface area contributed by atoms with Crippen LogP contribution in [0, 0.1) is 0 Å². The van der Waals surface area contributed by atoms with Crippen molar-refractivity contribution in [3.63, 3.8) is 0 Å². The molecule has 162 valence electrons. The minimum Gasteiger partial charge on any atom is -0.382 e. The monoisotopic (exact) mass is 560 g/mol. The summed E-state index contributed by atoms with van der Waals surface area (Å²) >= 11 is 3.70. The van der Waals surface area contributed by atoms with Crippen LogP contribution in [0.2, 0.25) is 0 Å². The van der Waals surface area contributed by atoms with Gasteiger partial charge in [-0.1, -0.05) is 30.0 Å². The molecule has 11 heteroatoms. The highest BCUT2D eigenvalue weighted by molar-refractivity contribution is 14.1. The van der Waals surface area contributed by atoms with E-state index >= 15 is 0 Å². The zero-order valence-corrected chi connectivity index (χ0v) is 20.7. The van der Waals surface area contributed by atoms with Crippen molar-refractivity contribution in [3.05, 3.63) is 39.1 Å². The number of hydrogen-bond donors (Lipinski definition) is 2. The molecule has 0 aromatic carbocycles. The summed E-state index contributed by atoms with van der Waals surface area (Å²) in [6.07, 6.45) is 9.19. The van der Waals surface area contributed by atoms with E-state index in [0.29, 0.717) is 22.9 Å². The predicted octanol–water partition coefficient (Wildman–Crippen LogP) is 3.77. The van der Waals surface area contributed by atoms with E-state index in [0.717, 1.165) is 21.3 Å². The number of nitrogens with two attached hydrogens (primary N) is 1. The molecule has 1 aliphatic rings. The molecular formula is C19H25IN6O2S2. The summed E-state index contributed by atoms with van der Waals surface area (Å²) in [4.78, 5) is 13.8. The highest BCUT2D eigenvalue weighted by atomic mass is 127. The van der Waals surface area contributed by atoms with Crippen molar-refractivity contribution < 1.29 is 8.42 Å². The maximum Gasteiger partial charge on any atom is 0.213 e. The van der Waals surface area contributed by atoms with Crippen LogP contribution in [0.5, 0.6) is 0 Å². The Balaban J connectivity index is 1.85. The molecule has 8 nitrogen and oxygen atoms in total. The first-order valence-electron chi connectivity index (χ1n) is 9.57. The van der Waals surface area contributed by atoms with Gasteiger partial charge in [-0.25, -0.2) is 28.1 Å². The third kappa shape index (κ3) is 5.42. The fourth-order valence-electron chi connectivity index (χ4n) is 2.91. The molecule has 0 saturated heterocycles. The summed E-state index contributed by atoms with van der Waals surface area (Å²) in [6.45, 7) is 8.06. The first-order valence-corrected chi connectivity index (χ1v) is 13.0. The summed E-state index contributed by atoms with van der Waals surface area (Å²) in [7, 11) is -3.36. The number of sulfonamides is 1. The fraction of sp³-hybridized carbons (Fsp3) is 0.421. The van der Waals surface area contributed by atoms with Gasteiger partial charge in [-0.05, 0) is 61.8 Å². The van der Waals surface area contributed by atoms with Gasteiger partial charge < -0.3 is 10.3 Å². The number of hydrogen-bond acceptors (Lipinski definition) is 7. The normalized spacial score (nSPS) is 15.2. The Kier molecular flexibility index (Phi) is 7.58. The van der Waals surface area contributed by atoms with Crippen molar-refractivity contribution in [1.29, 1.82) is 0 Å². The zero-order chi connectivity index (χ0) is 21.9. The molecule has 2 heterocycles. The summed E-state index contributed by atoms with van der Waals surface area (Å²) in [6, 6.07) is 0. The number of aromatic nitrogens is 4. The van der Waals surface area contributed by atoms with Gasteiger partial charge in [0.25, 0.3) is 0 Å². The lowest BCUT2D eigenvalue weighted by atomic mass is 10.2. The quantitative estimate of drug-likeness (QED) is 0.273. The van der Waals surface area contributed by atoms with E-state index in [1.54, 1.807) is 13.8 Å². The number of nitrogens with zero attached hydrogens (tertiary/aromatic N) is 4. The SMILES string of the molecule is C=C(Sc1nc2c(N)ncnc2n1CCNS(=O)(=O)C(C)C)/C(I)=C\C1=CCCC1. The van der Waals surface area contributed by atoms with Crippen LogP contribution in [-0.2, 0) is 16.6 Å². The minimum atomic E-state index is -3.36. The van der Waals surface area contributed by atoms with Gasteiger partial charge in [0.2, 0.25) is 10.0 Å². The van der Waals surface area contributed by atoms with Crippen molar-refractivity contribution in [2.24, 2.45) is 0 Å². The lowest BCUT2D eigenvalue weighted by Crippen LogP contribution is -2.33. The molecule has 0 fully saturated rings. The molecule has 2 aromatic heterocycles. The second-order valence-corrected chi connectivity index (χ2v) is 11.7. The Bertz CT molecular complexity index is 1120. The maximum absolute atomic E-state index is 12.1. The van der Waals surface area contributed by atoms with Crippen LogP contribution in [0.25, 0.3) is 11.2 Å². The molecule has 1 aliphatic carbocycles. The molecule has 0 radical (unpaired) electrons. The average molecular weight is 560 g/mol. The van der Waals surface area contributed by atoms with Gasteiger partial charge in [0.1, 0.15) is 6.33 Å². The van der Waals surface area contributed by atoms with Gasteiger partial charge in [0.05, 0.1) is 5.25 Å². The summed E-state index contributed by atoms with van der Waals surface area (Å²) < 4.78 is 29.7. The zero-order valence-electron chi connectivity index (χ0n) is 16.9. The van der Waals surface area contributed by atoms with E-state index in [9.17, 15) is 8.42 Å². The van der Waals surface area contributed by atoms with Gasteiger partial charge in [-0.3, -0.25) is 0 Å². The number of nitrogens with one attached hydrogen (secondary N) is 1. The van der Waals surface area contributed by atoms with Crippen LogP contribution < -0.4 is 10.5 Å². The van der Waals surface area contributed by atoms with Crippen LogP contribution in [0.15, 0.2) is 44.3 Å². The molecule has 30 heavy (non-hydrogen) atoms. The number of thioether (sulfide) groups is 1. The maximum atomic E-state index is 12.1. The van der Waals surface area contributed by atoms with Gasteiger partial charge in [-0.2, -0.15) is 0 Å². The van der Waals surface area contributed by atoms with E-state index in [-0.39, 0.29) is 12.4 Å². The van der Waals surface area contributed by atoms with Gasteiger partial charge in [0, 0.05) is 21.6 Å². The molecule has 0 aliphatic heterocycles. The molecule has 2 aromatic rings. The number of imidazole rings is 1. The number of anilines is 1. The third-order valence-corrected chi connectivity index (χ3v) is 8.79. The van der Waals surface area contributed by atoms with Crippen LogP contribution in [0.4, 0.5) is 5.82 Å². The topological polar surface area (TPSA) is 116 Å². The summed E-state index contributed by atoms with van der Waals surface area (Å²) in [5.74, 6) is 0.287. The van der Waals surface area contributed by atoms with Crippen molar-refractivity contribution in [1.82, 2.24) is 24.2 Å². The van der Waals surface area contributed by atoms with Crippen molar-refractivity contribution in [2.45, 2.75) is 50.1 Å². The molecule has 0 amide bonds. The Hall–Kier alpha value is -1.44. The standard InChI is InChI=1S/C19H25IN6O2S2/c1-12(2)30(27,28)24-8-9-26-18-16(17(21)22-11-23-18)25-19(26)29-13(3)15(20)10-14-6-4-5-7-14/h6,10-12,24H,3-5,7-9H2,1-2H3,(H2,21,22,23)/b15-10+. The van der Waals surface area contributed by atoms with Crippen LogP contribution in [0.1, 0.15) is 33.1 Å². The average Bonchev–Trinajstić information content (AvgIpc) is 3.31. The third-order valence-electron chi connectivity index (χ3n) is 4.65. The summed E-state index contributed by atoms with van der Waals surface area (Å²) in [5, 5.41) is 0.147. The van der Waals surface area contributed by atoms with Gasteiger partial charge in [0.15, 0.2) is 22.1 Å². The molecule has 0 unspecified atom stereocenters. The predicted molar refractivity (Wildman–Crippen MR) is 131 cm³/mol. The van der Waals surface area contributed by atoms with E-state index < -0.39 is 15.3 Å². The van der Waals surface area contributed by atoms with Crippen LogP contribution in [-0.4, -0.2) is 39.7 Å².